The number of hydrogen-bond acceptors (Lipinski definition) is 7. The molecule has 206 valence electrons. The molecule has 0 bridgehead atoms. The predicted molar refractivity (Wildman–Crippen MR) is 127 cm³/mol. The third-order valence-electron chi connectivity index (χ3n) is 6.94. The monoisotopic (exact) mass is 552 g/mol. The van der Waals surface area contributed by atoms with E-state index in [1.54, 1.807) is 12.1 Å². The van der Waals surface area contributed by atoms with E-state index >= 15 is 0 Å². The molecule has 1 spiro atoms. The average molecular weight is 552 g/mol. The maximum Gasteiger partial charge on any atom is 0.416 e. The van der Waals surface area contributed by atoms with Gasteiger partial charge in [-0.1, -0.05) is 0 Å². The van der Waals surface area contributed by atoms with Gasteiger partial charge in [0.25, 0.3) is 0 Å². The number of benzene rings is 1. The van der Waals surface area contributed by atoms with Crippen LogP contribution >= 0.6 is 0 Å². The molecule has 0 radical (unpaired) electrons. The molecule has 2 aromatic heterocycles. The van der Waals surface area contributed by atoms with Gasteiger partial charge in [0, 0.05) is 18.3 Å². The third-order valence-corrected chi connectivity index (χ3v) is 6.94. The van der Waals surface area contributed by atoms with Crippen LogP contribution in [-0.4, -0.2) is 45.2 Å². The van der Waals surface area contributed by atoms with Crippen LogP contribution in [0.4, 0.5) is 42.8 Å². The van der Waals surface area contributed by atoms with Crippen molar-refractivity contribution >= 4 is 17.7 Å². The van der Waals surface area contributed by atoms with Gasteiger partial charge in [-0.25, -0.2) is 4.79 Å². The summed E-state index contributed by atoms with van der Waals surface area (Å²) >= 11 is 0. The van der Waals surface area contributed by atoms with E-state index in [-0.39, 0.29) is 23.2 Å². The van der Waals surface area contributed by atoms with Gasteiger partial charge in [0.1, 0.15) is 11.4 Å². The quantitative estimate of drug-likeness (QED) is 0.390. The van der Waals surface area contributed by atoms with Gasteiger partial charge in [-0.2, -0.15) is 31.4 Å². The SMILES string of the molecule is O=C1OC2(CCC(CNc3ccc(-c4cc(C(F)(F)F)cc(C(F)(F)F)c4)nn3)CC2)CN1c1cccnn1. The number of nitrogens with zero attached hydrogens (tertiary/aromatic N) is 5. The molecule has 8 nitrogen and oxygen atoms in total. The molecule has 1 N–H and O–H groups in total. The first kappa shape index (κ1) is 26.6. The van der Waals surface area contributed by atoms with Gasteiger partial charge in [-0.15, -0.1) is 15.3 Å². The Balaban J connectivity index is 1.19. The topological polar surface area (TPSA) is 93.1 Å². The highest BCUT2D eigenvalue weighted by molar-refractivity contribution is 5.89. The lowest BCUT2D eigenvalue weighted by Gasteiger charge is -2.35. The Bertz CT molecular complexity index is 1290. The van der Waals surface area contributed by atoms with E-state index in [0.717, 1.165) is 12.8 Å². The van der Waals surface area contributed by atoms with E-state index in [0.29, 0.717) is 49.7 Å². The highest BCUT2D eigenvalue weighted by Gasteiger charge is 2.48. The molecule has 14 heteroatoms. The van der Waals surface area contributed by atoms with Crippen LogP contribution in [-0.2, 0) is 17.1 Å². The summed E-state index contributed by atoms with van der Waals surface area (Å²) in [4.78, 5) is 13.9. The Morgan fingerprint density at radius 3 is 2.21 bits per heavy atom. The minimum Gasteiger partial charge on any atom is -0.441 e. The fourth-order valence-electron chi connectivity index (χ4n) is 4.84. The van der Waals surface area contributed by atoms with Crippen LogP contribution < -0.4 is 10.2 Å². The van der Waals surface area contributed by atoms with Crippen LogP contribution in [0.15, 0.2) is 48.7 Å². The molecule has 1 saturated carbocycles. The number of nitrogens with one attached hydrogen (secondary N) is 1. The maximum atomic E-state index is 13.2. The standard InChI is InChI=1S/C25H22F6N6O2/c26-24(27,28)17-10-16(11-18(12-17)25(29,30)31)19-3-4-20(35-34-19)32-13-15-5-7-23(8-6-15)14-37(22(38)39-23)21-2-1-9-33-36-21/h1-4,9-12,15H,5-8,13-14H2,(H,32,35). The summed E-state index contributed by atoms with van der Waals surface area (Å²) in [6, 6.07) is 7.46. The molecule has 39 heavy (non-hydrogen) atoms. The fourth-order valence-corrected chi connectivity index (χ4v) is 4.84. The summed E-state index contributed by atoms with van der Waals surface area (Å²) in [7, 11) is 0. The largest absolute Gasteiger partial charge is 0.441 e. The van der Waals surface area contributed by atoms with Crippen molar-refractivity contribution in [3.05, 3.63) is 59.8 Å². The molecule has 1 amide bonds. The van der Waals surface area contributed by atoms with Crippen LogP contribution in [0.5, 0.6) is 0 Å². The van der Waals surface area contributed by atoms with Gasteiger partial charge in [-0.05, 0) is 74.1 Å². The van der Waals surface area contributed by atoms with E-state index in [9.17, 15) is 31.1 Å². The van der Waals surface area contributed by atoms with Crippen molar-refractivity contribution in [2.24, 2.45) is 5.92 Å². The molecule has 5 rings (SSSR count). The number of alkyl halides is 6. The Hall–Kier alpha value is -3.97. The van der Waals surface area contributed by atoms with Crippen molar-refractivity contribution < 1.29 is 35.9 Å². The minimum absolute atomic E-state index is 0.0704. The van der Waals surface area contributed by atoms with Gasteiger partial charge in [-0.3, -0.25) is 4.90 Å². The summed E-state index contributed by atoms with van der Waals surface area (Å²) in [5, 5.41) is 18.7. The number of aromatic nitrogens is 4. The zero-order chi connectivity index (χ0) is 27.8. The number of hydrogen-bond donors (Lipinski definition) is 1. The van der Waals surface area contributed by atoms with Gasteiger partial charge in [0.05, 0.1) is 23.4 Å². The highest BCUT2D eigenvalue weighted by Crippen LogP contribution is 2.41. The molecule has 1 saturated heterocycles. The second-order valence-corrected chi connectivity index (χ2v) is 9.64. The number of ether oxygens (including phenoxy) is 1. The molecule has 1 aliphatic carbocycles. The first-order chi connectivity index (χ1) is 18.4. The Labute approximate surface area is 218 Å². The first-order valence-electron chi connectivity index (χ1n) is 12.1. The normalized spacial score (nSPS) is 21.7. The lowest BCUT2D eigenvalue weighted by Crippen LogP contribution is -2.39. The van der Waals surface area contributed by atoms with Crippen molar-refractivity contribution in [1.29, 1.82) is 0 Å². The zero-order valence-corrected chi connectivity index (χ0v) is 20.3. The number of carbonyl (C=O) groups is 1. The van der Waals surface area contributed by atoms with E-state index < -0.39 is 35.2 Å². The number of rotatable bonds is 5. The lowest BCUT2D eigenvalue weighted by atomic mass is 9.78. The van der Waals surface area contributed by atoms with Crippen LogP contribution in [0, 0.1) is 5.92 Å². The lowest BCUT2D eigenvalue weighted by molar-refractivity contribution is -0.143. The first-order valence-corrected chi connectivity index (χ1v) is 12.1. The highest BCUT2D eigenvalue weighted by atomic mass is 19.4. The summed E-state index contributed by atoms with van der Waals surface area (Å²) in [5.41, 5.74) is -3.88. The minimum atomic E-state index is -4.95. The fraction of sp³-hybridized carbons (Fsp3) is 0.400. The van der Waals surface area contributed by atoms with Crippen LogP contribution in [0.3, 0.4) is 0 Å². The number of anilines is 2. The molecular weight excluding hydrogens is 530 g/mol. The van der Waals surface area contributed by atoms with E-state index in [4.69, 9.17) is 4.74 Å². The van der Waals surface area contributed by atoms with Crippen molar-refractivity contribution in [2.45, 2.75) is 43.6 Å². The number of carbonyl (C=O) groups excluding carboxylic acids is 1. The second kappa shape index (κ2) is 9.97. The Kier molecular flexibility index (Phi) is 6.81. The third kappa shape index (κ3) is 5.88. The van der Waals surface area contributed by atoms with Gasteiger partial charge >= 0.3 is 18.4 Å². The van der Waals surface area contributed by atoms with Crippen molar-refractivity contribution in [1.82, 2.24) is 20.4 Å². The van der Waals surface area contributed by atoms with Crippen molar-refractivity contribution in [2.75, 3.05) is 23.3 Å². The molecule has 3 aromatic rings. The molecule has 3 heterocycles. The Morgan fingerprint density at radius 2 is 1.64 bits per heavy atom. The van der Waals surface area contributed by atoms with Crippen molar-refractivity contribution in [3.8, 4) is 11.3 Å². The number of halogens is 6. The molecule has 1 aliphatic heterocycles. The molecule has 0 atom stereocenters. The molecule has 0 unspecified atom stereocenters. The molecule has 1 aromatic carbocycles. The second-order valence-electron chi connectivity index (χ2n) is 9.64. The van der Waals surface area contributed by atoms with Crippen molar-refractivity contribution in [3.63, 3.8) is 0 Å². The zero-order valence-electron chi connectivity index (χ0n) is 20.3. The average Bonchev–Trinajstić information content (AvgIpc) is 3.23. The summed E-state index contributed by atoms with van der Waals surface area (Å²) in [6.45, 7) is 0.914. The van der Waals surface area contributed by atoms with E-state index in [2.05, 4.69) is 25.7 Å². The van der Waals surface area contributed by atoms with E-state index in [1.807, 2.05) is 0 Å². The predicted octanol–water partition coefficient (Wildman–Crippen LogP) is 5.97. The van der Waals surface area contributed by atoms with Crippen LogP contribution in [0.1, 0.15) is 36.8 Å². The van der Waals surface area contributed by atoms with Crippen LogP contribution in [0.2, 0.25) is 0 Å². The van der Waals surface area contributed by atoms with Gasteiger partial charge in [0.15, 0.2) is 5.82 Å². The maximum absolute atomic E-state index is 13.2. The summed E-state index contributed by atoms with van der Waals surface area (Å²) < 4.78 is 84.7. The summed E-state index contributed by atoms with van der Waals surface area (Å²) in [5.74, 6) is 1.01. The van der Waals surface area contributed by atoms with Crippen LogP contribution in [0.25, 0.3) is 11.3 Å². The number of amides is 1. The summed E-state index contributed by atoms with van der Waals surface area (Å²) in [6.07, 6.45) is -5.98. The smallest absolute Gasteiger partial charge is 0.416 e. The molecule has 2 aliphatic rings. The molecular formula is C25H22F6N6O2. The molecule has 2 fully saturated rings. The van der Waals surface area contributed by atoms with Gasteiger partial charge in [0.2, 0.25) is 0 Å². The Morgan fingerprint density at radius 1 is 0.949 bits per heavy atom. The van der Waals surface area contributed by atoms with Gasteiger partial charge < -0.3 is 10.1 Å². The van der Waals surface area contributed by atoms with E-state index in [1.165, 1.54) is 23.2 Å².